The van der Waals surface area contributed by atoms with Gasteiger partial charge in [-0.15, -0.1) is 0 Å². The van der Waals surface area contributed by atoms with Gasteiger partial charge in [0.2, 0.25) is 0 Å². The van der Waals surface area contributed by atoms with Crippen LogP contribution < -0.4 is 5.32 Å². The van der Waals surface area contributed by atoms with Crippen LogP contribution in [0.3, 0.4) is 0 Å². The standard InChI is InChI=1S/C7H13F2NO.C2H6/c1-10-5-3-2-4-7(8,9)6(5)11;1-2/h5-6,10-11H,2-4H2,1H3;1-2H3. The Morgan fingerprint density at radius 3 is 2.31 bits per heavy atom. The lowest BCUT2D eigenvalue weighted by Crippen LogP contribution is -2.51. The first-order valence-corrected chi connectivity index (χ1v) is 4.81. The molecule has 1 fully saturated rings. The molecule has 0 aliphatic heterocycles. The Kier molecular flexibility index (Phi) is 5.40. The minimum Gasteiger partial charge on any atom is -0.385 e. The SMILES string of the molecule is CC.CNC1CCCC(F)(F)C1O. The predicted molar refractivity (Wildman–Crippen MR) is 49.0 cm³/mol. The van der Waals surface area contributed by atoms with Crippen molar-refractivity contribution in [3.05, 3.63) is 0 Å². The maximum Gasteiger partial charge on any atom is 0.274 e. The van der Waals surface area contributed by atoms with Crippen molar-refractivity contribution in [2.24, 2.45) is 0 Å². The van der Waals surface area contributed by atoms with Crippen molar-refractivity contribution in [2.75, 3.05) is 7.05 Å². The summed E-state index contributed by atoms with van der Waals surface area (Å²) in [6.45, 7) is 4.00. The van der Waals surface area contributed by atoms with E-state index < -0.39 is 18.1 Å². The summed E-state index contributed by atoms with van der Waals surface area (Å²) in [6.07, 6.45) is -0.587. The van der Waals surface area contributed by atoms with Gasteiger partial charge >= 0.3 is 0 Å². The minimum absolute atomic E-state index is 0.188. The van der Waals surface area contributed by atoms with Crippen molar-refractivity contribution in [3.63, 3.8) is 0 Å². The lowest BCUT2D eigenvalue weighted by atomic mass is 9.89. The molecule has 4 heteroatoms. The monoisotopic (exact) mass is 195 g/mol. The second-order valence-corrected chi connectivity index (χ2v) is 2.99. The van der Waals surface area contributed by atoms with Gasteiger partial charge in [0.15, 0.2) is 0 Å². The molecule has 0 spiro atoms. The zero-order chi connectivity index (χ0) is 10.5. The highest BCUT2D eigenvalue weighted by Gasteiger charge is 2.45. The first-order chi connectivity index (χ1) is 6.08. The molecule has 0 saturated heterocycles. The highest BCUT2D eigenvalue weighted by Crippen LogP contribution is 2.33. The van der Waals surface area contributed by atoms with Gasteiger partial charge in [-0.2, -0.15) is 0 Å². The van der Waals surface area contributed by atoms with Gasteiger partial charge in [0.1, 0.15) is 6.10 Å². The van der Waals surface area contributed by atoms with Crippen molar-refractivity contribution >= 4 is 0 Å². The summed E-state index contributed by atoms with van der Waals surface area (Å²) in [5.41, 5.74) is 0. The molecule has 0 aromatic carbocycles. The Morgan fingerprint density at radius 1 is 1.38 bits per heavy atom. The van der Waals surface area contributed by atoms with Crippen LogP contribution in [0.15, 0.2) is 0 Å². The average Bonchev–Trinajstić information content (AvgIpc) is 2.13. The second-order valence-electron chi connectivity index (χ2n) is 2.99. The van der Waals surface area contributed by atoms with Crippen LogP contribution in [0.4, 0.5) is 8.78 Å². The maximum absolute atomic E-state index is 12.7. The summed E-state index contributed by atoms with van der Waals surface area (Å²) in [6, 6.07) is -0.446. The van der Waals surface area contributed by atoms with E-state index >= 15 is 0 Å². The summed E-state index contributed by atoms with van der Waals surface area (Å²) in [5.74, 6) is -2.90. The number of aliphatic hydroxyl groups is 1. The number of aliphatic hydroxyl groups excluding tert-OH is 1. The molecule has 2 atom stereocenters. The summed E-state index contributed by atoms with van der Waals surface area (Å²) in [4.78, 5) is 0. The van der Waals surface area contributed by atoms with Crippen LogP contribution in [0.1, 0.15) is 33.1 Å². The largest absolute Gasteiger partial charge is 0.385 e. The minimum atomic E-state index is -2.90. The molecule has 0 radical (unpaired) electrons. The molecule has 1 aliphatic rings. The molecule has 2 unspecified atom stereocenters. The topological polar surface area (TPSA) is 32.3 Å². The number of alkyl halides is 2. The van der Waals surface area contributed by atoms with Gasteiger partial charge in [0.25, 0.3) is 5.92 Å². The molecule has 2 N–H and O–H groups in total. The van der Waals surface area contributed by atoms with E-state index in [1.54, 1.807) is 7.05 Å². The van der Waals surface area contributed by atoms with Crippen LogP contribution >= 0.6 is 0 Å². The van der Waals surface area contributed by atoms with Crippen molar-refractivity contribution in [1.29, 1.82) is 0 Å². The van der Waals surface area contributed by atoms with Crippen LogP contribution in [0.25, 0.3) is 0 Å². The third kappa shape index (κ3) is 3.19. The van der Waals surface area contributed by atoms with Gasteiger partial charge in [0.05, 0.1) is 0 Å². The molecule has 13 heavy (non-hydrogen) atoms. The summed E-state index contributed by atoms with van der Waals surface area (Å²) >= 11 is 0. The van der Waals surface area contributed by atoms with E-state index in [9.17, 15) is 8.78 Å². The van der Waals surface area contributed by atoms with E-state index in [1.807, 2.05) is 13.8 Å². The van der Waals surface area contributed by atoms with Crippen molar-refractivity contribution < 1.29 is 13.9 Å². The lowest BCUT2D eigenvalue weighted by Gasteiger charge is -2.34. The molecule has 0 aromatic rings. The Morgan fingerprint density at radius 2 is 1.92 bits per heavy atom. The Hall–Kier alpha value is -0.220. The van der Waals surface area contributed by atoms with Gasteiger partial charge in [-0.25, -0.2) is 8.78 Å². The zero-order valence-corrected chi connectivity index (χ0v) is 8.48. The third-order valence-electron chi connectivity index (χ3n) is 2.21. The van der Waals surface area contributed by atoms with Crippen LogP contribution in [-0.4, -0.2) is 30.2 Å². The molecule has 0 aromatic heterocycles. The second kappa shape index (κ2) is 5.50. The Balaban J connectivity index is 0.000000671. The van der Waals surface area contributed by atoms with E-state index in [2.05, 4.69) is 5.32 Å². The molecule has 0 amide bonds. The summed E-state index contributed by atoms with van der Waals surface area (Å²) in [7, 11) is 1.59. The fourth-order valence-corrected chi connectivity index (χ4v) is 1.46. The number of hydrogen-bond acceptors (Lipinski definition) is 2. The predicted octanol–water partition coefficient (Wildman–Crippen LogP) is 1.78. The van der Waals surface area contributed by atoms with Gasteiger partial charge in [-0.1, -0.05) is 13.8 Å². The van der Waals surface area contributed by atoms with E-state index in [0.29, 0.717) is 12.8 Å². The number of rotatable bonds is 1. The van der Waals surface area contributed by atoms with Crippen molar-refractivity contribution in [2.45, 2.75) is 51.2 Å². The van der Waals surface area contributed by atoms with E-state index in [1.165, 1.54) is 0 Å². The fourth-order valence-electron chi connectivity index (χ4n) is 1.46. The average molecular weight is 195 g/mol. The Labute approximate surface area is 78.3 Å². The number of nitrogens with one attached hydrogen (secondary N) is 1. The first kappa shape index (κ1) is 12.8. The lowest BCUT2D eigenvalue weighted by molar-refractivity contribution is -0.142. The van der Waals surface area contributed by atoms with Gasteiger partial charge < -0.3 is 10.4 Å². The molecule has 80 valence electrons. The normalized spacial score (nSPS) is 31.8. The van der Waals surface area contributed by atoms with Crippen LogP contribution in [-0.2, 0) is 0 Å². The summed E-state index contributed by atoms with van der Waals surface area (Å²) < 4.78 is 25.5. The molecule has 1 saturated carbocycles. The van der Waals surface area contributed by atoms with Crippen LogP contribution in [0.2, 0.25) is 0 Å². The highest BCUT2D eigenvalue weighted by atomic mass is 19.3. The highest BCUT2D eigenvalue weighted by molar-refractivity contribution is 4.90. The van der Waals surface area contributed by atoms with Crippen LogP contribution in [0.5, 0.6) is 0 Å². The smallest absolute Gasteiger partial charge is 0.274 e. The molecule has 0 heterocycles. The fraction of sp³-hybridized carbons (Fsp3) is 1.00. The molecule has 0 bridgehead atoms. The first-order valence-electron chi connectivity index (χ1n) is 4.81. The van der Waals surface area contributed by atoms with Crippen LogP contribution in [0, 0.1) is 0 Å². The van der Waals surface area contributed by atoms with E-state index in [0.717, 1.165) is 0 Å². The molecular formula is C9H19F2NO. The zero-order valence-electron chi connectivity index (χ0n) is 8.48. The number of hydrogen-bond donors (Lipinski definition) is 2. The van der Waals surface area contributed by atoms with Gasteiger partial charge in [-0.05, 0) is 19.9 Å². The van der Waals surface area contributed by atoms with E-state index in [4.69, 9.17) is 5.11 Å². The number of likely N-dealkylation sites (N-methyl/N-ethyl adjacent to an activating group) is 1. The molecule has 2 nitrogen and oxygen atoms in total. The molecule has 1 aliphatic carbocycles. The van der Waals surface area contributed by atoms with Gasteiger partial charge in [0, 0.05) is 12.5 Å². The summed E-state index contributed by atoms with van der Waals surface area (Å²) in [5, 5.41) is 11.8. The third-order valence-corrected chi connectivity index (χ3v) is 2.21. The molecule has 1 rings (SSSR count). The Bertz CT molecular complexity index is 142. The van der Waals surface area contributed by atoms with E-state index in [-0.39, 0.29) is 6.42 Å². The van der Waals surface area contributed by atoms with Crippen molar-refractivity contribution in [3.8, 4) is 0 Å². The van der Waals surface area contributed by atoms with Gasteiger partial charge in [-0.3, -0.25) is 0 Å². The number of halogens is 2. The van der Waals surface area contributed by atoms with Crippen molar-refractivity contribution in [1.82, 2.24) is 5.32 Å². The molecular weight excluding hydrogens is 176 g/mol. The maximum atomic E-state index is 12.7. The quantitative estimate of drug-likeness (QED) is 0.668.